The normalized spacial score (nSPS) is 10.8. The molecule has 0 bridgehead atoms. The van der Waals surface area contributed by atoms with E-state index in [1.54, 1.807) is 11.3 Å². The molecular formula is C12H11F2NS2. The zero-order valence-corrected chi connectivity index (χ0v) is 10.9. The molecule has 0 aliphatic heterocycles. The van der Waals surface area contributed by atoms with Crippen LogP contribution in [0.4, 0.5) is 8.78 Å². The minimum absolute atomic E-state index is 0.377. The van der Waals surface area contributed by atoms with E-state index in [2.05, 4.69) is 11.1 Å². The van der Waals surface area contributed by atoms with Gasteiger partial charge in [-0.2, -0.15) is 8.78 Å². The SMILES string of the molecule is Cc1ccc2sc(SCCC=C(F)F)nc2c1. The van der Waals surface area contributed by atoms with E-state index in [9.17, 15) is 8.78 Å². The van der Waals surface area contributed by atoms with E-state index < -0.39 is 6.08 Å². The maximum atomic E-state index is 11.8. The molecule has 0 aliphatic rings. The van der Waals surface area contributed by atoms with Crippen LogP contribution in [0.15, 0.2) is 34.7 Å². The molecule has 90 valence electrons. The zero-order chi connectivity index (χ0) is 12.3. The second kappa shape index (κ2) is 5.60. The van der Waals surface area contributed by atoms with Gasteiger partial charge in [-0.3, -0.25) is 0 Å². The molecule has 5 heteroatoms. The summed E-state index contributed by atoms with van der Waals surface area (Å²) in [6.45, 7) is 2.03. The Bertz CT molecular complexity index is 544. The van der Waals surface area contributed by atoms with Crippen LogP contribution in [0.5, 0.6) is 0 Å². The number of nitrogens with zero attached hydrogens (tertiary/aromatic N) is 1. The third kappa shape index (κ3) is 3.51. The number of hydrogen-bond donors (Lipinski definition) is 0. The molecule has 17 heavy (non-hydrogen) atoms. The Hall–Kier alpha value is -0.940. The van der Waals surface area contributed by atoms with Crippen LogP contribution >= 0.6 is 23.1 Å². The molecule has 0 spiro atoms. The molecule has 0 aliphatic carbocycles. The van der Waals surface area contributed by atoms with E-state index in [1.165, 1.54) is 17.3 Å². The smallest absolute Gasteiger partial charge is 0.230 e. The van der Waals surface area contributed by atoms with E-state index in [1.807, 2.05) is 19.1 Å². The van der Waals surface area contributed by atoms with Gasteiger partial charge in [0.1, 0.15) is 0 Å². The number of thioether (sulfide) groups is 1. The van der Waals surface area contributed by atoms with E-state index in [0.717, 1.165) is 20.6 Å². The van der Waals surface area contributed by atoms with Crippen molar-refractivity contribution in [3.8, 4) is 0 Å². The molecule has 0 unspecified atom stereocenters. The topological polar surface area (TPSA) is 12.9 Å². The van der Waals surface area contributed by atoms with Crippen LogP contribution in [0, 0.1) is 6.92 Å². The lowest BCUT2D eigenvalue weighted by Crippen LogP contribution is -1.76. The number of rotatable bonds is 4. The molecule has 2 rings (SSSR count). The summed E-state index contributed by atoms with van der Waals surface area (Å²) < 4.78 is 25.7. The average Bonchev–Trinajstić information content (AvgIpc) is 2.66. The predicted molar refractivity (Wildman–Crippen MR) is 70.0 cm³/mol. The lowest BCUT2D eigenvalue weighted by molar-refractivity contribution is 0.418. The number of thiazole rings is 1. The quantitative estimate of drug-likeness (QED) is 0.581. The van der Waals surface area contributed by atoms with Crippen molar-refractivity contribution in [1.82, 2.24) is 4.98 Å². The molecule has 0 atom stereocenters. The van der Waals surface area contributed by atoms with Crippen molar-refractivity contribution in [1.29, 1.82) is 0 Å². The summed E-state index contributed by atoms with van der Waals surface area (Å²) in [6.07, 6.45) is -0.280. The summed E-state index contributed by atoms with van der Waals surface area (Å²) in [5.74, 6) is 0.635. The number of halogens is 2. The number of aryl methyl sites for hydroxylation is 1. The van der Waals surface area contributed by atoms with Gasteiger partial charge in [0.05, 0.1) is 10.2 Å². The van der Waals surface area contributed by atoms with Gasteiger partial charge in [-0.05, 0) is 37.1 Å². The molecule has 0 fully saturated rings. The summed E-state index contributed by atoms with van der Waals surface area (Å²) >= 11 is 3.13. The van der Waals surface area contributed by atoms with Crippen molar-refractivity contribution in [3.63, 3.8) is 0 Å². The summed E-state index contributed by atoms with van der Waals surface area (Å²) in [4.78, 5) is 4.46. The van der Waals surface area contributed by atoms with Gasteiger partial charge in [-0.15, -0.1) is 11.3 Å². The largest absolute Gasteiger partial charge is 0.266 e. The average molecular weight is 271 g/mol. The highest BCUT2D eigenvalue weighted by Crippen LogP contribution is 2.30. The zero-order valence-electron chi connectivity index (χ0n) is 9.24. The lowest BCUT2D eigenvalue weighted by atomic mass is 10.2. The third-order valence-electron chi connectivity index (χ3n) is 2.17. The van der Waals surface area contributed by atoms with Crippen molar-refractivity contribution in [3.05, 3.63) is 35.9 Å². The summed E-state index contributed by atoms with van der Waals surface area (Å²) in [5, 5.41) is 0. The third-order valence-corrected chi connectivity index (χ3v) is 4.38. The molecule has 0 amide bonds. The molecule has 0 N–H and O–H groups in total. The highest BCUT2D eigenvalue weighted by molar-refractivity contribution is 8.01. The number of hydrogen-bond acceptors (Lipinski definition) is 3. The van der Waals surface area contributed by atoms with Crippen molar-refractivity contribution in [2.75, 3.05) is 5.75 Å². The van der Waals surface area contributed by atoms with Gasteiger partial charge in [0.25, 0.3) is 6.08 Å². The summed E-state index contributed by atoms with van der Waals surface area (Å²) in [6, 6.07) is 6.14. The maximum absolute atomic E-state index is 11.8. The predicted octanol–water partition coefficient (Wildman–Crippen LogP) is 4.87. The van der Waals surface area contributed by atoms with Crippen LogP contribution in [0.1, 0.15) is 12.0 Å². The molecule has 1 aromatic heterocycles. The first kappa shape index (κ1) is 12.5. The van der Waals surface area contributed by atoms with E-state index >= 15 is 0 Å². The highest BCUT2D eigenvalue weighted by Gasteiger charge is 2.04. The van der Waals surface area contributed by atoms with Gasteiger partial charge in [0, 0.05) is 5.75 Å². The summed E-state index contributed by atoms with van der Waals surface area (Å²) in [7, 11) is 0. The number of allylic oxidation sites excluding steroid dienone is 1. The number of benzene rings is 1. The second-order valence-corrected chi connectivity index (χ2v) is 5.95. The van der Waals surface area contributed by atoms with Crippen molar-refractivity contribution >= 4 is 33.3 Å². The first-order valence-corrected chi connectivity index (χ1v) is 6.96. The van der Waals surface area contributed by atoms with Gasteiger partial charge < -0.3 is 0 Å². The lowest BCUT2D eigenvalue weighted by Gasteiger charge is -1.91. The van der Waals surface area contributed by atoms with Gasteiger partial charge in [0.15, 0.2) is 4.34 Å². The molecular weight excluding hydrogens is 260 g/mol. The Labute approximate surface area is 107 Å². The molecule has 1 nitrogen and oxygen atoms in total. The Morgan fingerprint density at radius 3 is 3.06 bits per heavy atom. The number of aromatic nitrogens is 1. The van der Waals surface area contributed by atoms with Crippen LogP contribution < -0.4 is 0 Å². The van der Waals surface area contributed by atoms with Gasteiger partial charge in [-0.25, -0.2) is 4.98 Å². The minimum Gasteiger partial charge on any atom is -0.230 e. The van der Waals surface area contributed by atoms with Crippen molar-refractivity contribution in [2.45, 2.75) is 17.7 Å². The van der Waals surface area contributed by atoms with Crippen LogP contribution in [0.2, 0.25) is 0 Å². The fourth-order valence-electron chi connectivity index (χ4n) is 1.39. The van der Waals surface area contributed by atoms with Gasteiger partial charge in [-0.1, -0.05) is 17.8 Å². The molecule has 0 saturated carbocycles. The Morgan fingerprint density at radius 2 is 2.29 bits per heavy atom. The Morgan fingerprint density at radius 1 is 1.47 bits per heavy atom. The monoisotopic (exact) mass is 271 g/mol. The van der Waals surface area contributed by atoms with Crippen LogP contribution in [-0.4, -0.2) is 10.7 Å². The van der Waals surface area contributed by atoms with Crippen LogP contribution in [0.25, 0.3) is 10.2 Å². The Balaban J connectivity index is 2.02. The van der Waals surface area contributed by atoms with Crippen molar-refractivity contribution in [2.24, 2.45) is 0 Å². The van der Waals surface area contributed by atoms with Crippen LogP contribution in [0.3, 0.4) is 0 Å². The molecule has 1 heterocycles. The first-order valence-electron chi connectivity index (χ1n) is 5.16. The highest BCUT2D eigenvalue weighted by atomic mass is 32.2. The first-order chi connectivity index (χ1) is 8.15. The fraction of sp³-hybridized carbons (Fsp3) is 0.250. The van der Waals surface area contributed by atoms with Gasteiger partial charge in [0.2, 0.25) is 0 Å². The summed E-state index contributed by atoms with van der Waals surface area (Å²) in [5.41, 5.74) is 2.17. The molecule has 1 aromatic carbocycles. The van der Waals surface area contributed by atoms with Crippen molar-refractivity contribution < 1.29 is 8.78 Å². The molecule has 0 saturated heterocycles. The maximum Gasteiger partial charge on any atom is 0.266 e. The van der Waals surface area contributed by atoms with E-state index in [-0.39, 0.29) is 0 Å². The fourth-order valence-corrected chi connectivity index (χ4v) is 3.40. The van der Waals surface area contributed by atoms with Crippen LogP contribution in [-0.2, 0) is 0 Å². The molecule has 2 aromatic rings. The molecule has 0 radical (unpaired) electrons. The standard InChI is InChI=1S/C12H11F2NS2/c1-8-4-5-10-9(7-8)15-12(17-10)16-6-2-3-11(13)14/h3-5,7H,2,6H2,1H3. The Kier molecular flexibility index (Phi) is 4.12. The van der Waals surface area contributed by atoms with E-state index in [4.69, 9.17) is 0 Å². The second-order valence-electron chi connectivity index (χ2n) is 3.58. The number of fused-ring (bicyclic) bond motifs is 1. The van der Waals surface area contributed by atoms with E-state index in [0.29, 0.717) is 12.2 Å². The minimum atomic E-state index is -1.61. The van der Waals surface area contributed by atoms with Gasteiger partial charge >= 0.3 is 0 Å².